The Kier molecular flexibility index (Phi) is 7.64. The molecule has 0 radical (unpaired) electrons. The molecule has 3 aromatic rings. The van der Waals surface area contributed by atoms with Crippen LogP contribution in [0.2, 0.25) is 0 Å². The normalized spacial score (nSPS) is 9.82. The Morgan fingerprint density at radius 2 is 1.79 bits per heavy atom. The Morgan fingerprint density at radius 1 is 1.07 bits per heavy atom. The van der Waals surface area contributed by atoms with Gasteiger partial charge in [0, 0.05) is 23.1 Å². The van der Waals surface area contributed by atoms with Crippen molar-refractivity contribution in [2.24, 2.45) is 0 Å². The maximum absolute atomic E-state index is 9.10. The van der Waals surface area contributed by atoms with Crippen molar-refractivity contribution in [3.05, 3.63) is 65.9 Å². The van der Waals surface area contributed by atoms with Gasteiger partial charge in [0.05, 0.1) is 6.54 Å². The smallest absolute Gasteiger partial charge is 0.414 e. The molecule has 0 aliphatic rings. The van der Waals surface area contributed by atoms with Gasteiger partial charge >= 0.3 is 11.9 Å². The fourth-order valence-electron chi connectivity index (χ4n) is 2.37. The Hall–Kier alpha value is -3.76. The number of carboxylic acid groups (broad SMARTS) is 2. The highest BCUT2D eigenvalue weighted by molar-refractivity contribution is 6.27. The van der Waals surface area contributed by atoms with Crippen molar-refractivity contribution in [3.8, 4) is 18.1 Å². The summed E-state index contributed by atoms with van der Waals surface area (Å²) in [7, 11) is 0. The molecular formula is C21H20N2O5. The number of nitrogens with one attached hydrogen (secondary N) is 2. The van der Waals surface area contributed by atoms with Crippen molar-refractivity contribution in [3.63, 3.8) is 0 Å². The number of fused-ring (bicyclic) bond motifs is 1. The van der Waals surface area contributed by atoms with Crippen molar-refractivity contribution >= 4 is 22.8 Å². The molecule has 0 fully saturated rings. The van der Waals surface area contributed by atoms with Crippen LogP contribution in [0.3, 0.4) is 0 Å². The lowest BCUT2D eigenvalue weighted by molar-refractivity contribution is -0.159. The molecule has 2 aromatic carbocycles. The van der Waals surface area contributed by atoms with Crippen molar-refractivity contribution in [2.45, 2.75) is 13.2 Å². The maximum Gasteiger partial charge on any atom is 0.414 e. The average molecular weight is 380 g/mol. The Labute approximate surface area is 162 Å². The zero-order chi connectivity index (χ0) is 20.4. The van der Waals surface area contributed by atoms with Crippen molar-refractivity contribution in [1.29, 1.82) is 0 Å². The monoisotopic (exact) mass is 380 g/mol. The molecule has 0 amide bonds. The fraction of sp³-hybridized carbons (Fsp3) is 0.143. The number of aliphatic carboxylic acids is 2. The van der Waals surface area contributed by atoms with Gasteiger partial charge in [0.15, 0.2) is 0 Å². The van der Waals surface area contributed by atoms with Gasteiger partial charge in [-0.15, -0.1) is 6.42 Å². The second-order valence-electron chi connectivity index (χ2n) is 5.74. The first-order valence-electron chi connectivity index (χ1n) is 8.38. The molecule has 1 aromatic heterocycles. The molecule has 28 heavy (non-hydrogen) atoms. The number of benzene rings is 2. The number of terminal acetylenes is 1. The van der Waals surface area contributed by atoms with Crippen molar-refractivity contribution in [2.75, 3.05) is 6.54 Å². The summed E-state index contributed by atoms with van der Waals surface area (Å²) in [6.45, 7) is 1.88. The molecule has 7 heteroatoms. The van der Waals surface area contributed by atoms with E-state index in [1.165, 1.54) is 0 Å². The lowest BCUT2D eigenvalue weighted by atomic mass is 10.2. The molecule has 0 aliphatic heterocycles. The minimum Gasteiger partial charge on any atom is -0.489 e. The molecule has 0 bridgehead atoms. The third-order valence-corrected chi connectivity index (χ3v) is 3.62. The van der Waals surface area contributed by atoms with E-state index in [1.807, 2.05) is 30.3 Å². The van der Waals surface area contributed by atoms with E-state index in [4.69, 9.17) is 31.0 Å². The third-order valence-electron chi connectivity index (χ3n) is 3.62. The van der Waals surface area contributed by atoms with Crippen LogP contribution in [-0.4, -0.2) is 33.7 Å². The van der Waals surface area contributed by atoms with Crippen LogP contribution in [0.25, 0.3) is 10.9 Å². The maximum atomic E-state index is 9.10. The summed E-state index contributed by atoms with van der Waals surface area (Å²) in [5.74, 6) is -0.206. The highest BCUT2D eigenvalue weighted by Gasteiger charge is 2.04. The summed E-state index contributed by atoms with van der Waals surface area (Å²) in [5.41, 5.74) is 3.38. The molecule has 0 atom stereocenters. The number of aromatic amines is 1. The lowest BCUT2D eigenvalue weighted by Gasteiger charge is -2.06. The Balaban J connectivity index is 0.000000409. The number of hydrogen-bond donors (Lipinski definition) is 4. The lowest BCUT2D eigenvalue weighted by Crippen LogP contribution is -2.12. The summed E-state index contributed by atoms with van der Waals surface area (Å²) < 4.78 is 5.85. The molecule has 0 aliphatic carbocycles. The molecular weight excluding hydrogens is 360 g/mol. The summed E-state index contributed by atoms with van der Waals surface area (Å²) in [5, 5.41) is 19.1. The Bertz CT molecular complexity index is 961. The summed E-state index contributed by atoms with van der Waals surface area (Å²) in [6.07, 6.45) is 5.23. The topological polar surface area (TPSA) is 112 Å². The van der Waals surface area contributed by atoms with Crippen LogP contribution in [0.5, 0.6) is 5.75 Å². The fourth-order valence-corrected chi connectivity index (χ4v) is 2.37. The van der Waals surface area contributed by atoms with Gasteiger partial charge in [-0.3, -0.25) is 0 Å². The third kappa shape index (κ3) is 6.52. The van der Waals surface area contributed by atoms with Crippen molar-refractivity contribution < 1.29 is 24.5 Å². The van der Waals surface area contributed by atoms with Gasteiger partial charge in [-0.1, -0.05) is 36.3 Å². The van der Waals surface area contributed by atoms with Gasteiger partial charge in [0.2, 0.25) is 0 Å². The second kappa shape index (κ2) is 10.4. The molecule has 0 spiro atoms. The van der Waals surface area contributed by atoms with Gasteiger partial charge in [-0.05, 0) is 29.8 Å². The van der Waals surface area contributed by atoms with Gasteiger partial charge in [0.1, 0.15) is 12.4 Å². The van der Waals surface area contributed by atoms with E-state index in [1.54, 1.807) is 0 Å². The predicted molar refractivity (Wildman–Crippen MR) is 105 cm³/mol. The first-order chi connectivity index (χ1) is 13.5. The van der Waals surface area contributed by atoms with Crippen LogP contribution >= 0.6 is 0 Å². The molecule has 4 N–H and O–H groups in total. The van der Waals surface area contributed by atoms with E-state index in [0.717, 1.165) is 34.5 Å². The van der Waals surface area contributed by atoms with Crippen LogP contribution in [0.4, 0.5) is 0 Å². The van der Waals surface area contributed by atoms with Crippen LogP contribution in [0.15, 0.2) is 54.6 Å². The number of H-pyrrole nitrogens is 1. The van der Waals surface area contributed by atoms with E-state index < -0.39 is 11.9 Å². The summed E-state index contributed by atoms with van der Waals surface area (Å²) in [4.78, 5) is 21.6. The number of aromatic nitrogens is 1. The second-order valence-corrected chi connectivity index (χ2v) is 5.74. The van der Waals surface area contributed by atoms with Crippen LogP contribution in [0.1, 0.15) is 11.3 Å². The molecule has 0 saturated heterocycles. The Morgan fingerprint density at radius 3 is 2.43 bits per heavy atom. The number of rotatable bonds is 6. The quantitative estimate of drug-likeness (QED) is 0.297. The van der Waals surface area contributed by atoms with E-state index in [9.17, 15) is 0 Å². The van der Waals surface area contributed by atoms with E-state index in [-0.39, 0.29) is 0 Å². The molecule has 144 valence electrons. The van der Waals surface area contributed by atoms with Crippen LogP contribution in [0, 0.1) is 12.3 Å². The van der Waals surface area contributed by atoms with E-state index in [2.05, 4.69) is 40.5 Å². The summed E-state index contributed by atoms with van der Waals surface area (Å²) >= 11 is 0. The zero-order valence-electron chi connectivity index (χ0n) is 15.0. The number of hydrogen-bond acceptors (Lipinski definition) is 4. The minimum atomic E-state index is -1.82. The van der Waals surface area contributed by atoms with Crippen molar-refractivity contribution in [1.82, 2.24) is 10.3 Å². The SMILES string of the molecule is C#CCNCc1cc2cc(OCc3ccccc3)ccc2[nH]1.O=C(O)C(=O)O. The minimum absolute atomic E-state index is 0.570. The highest BCUT2D eigenvalue weighted by Crippen LogP contribution is 2.22. The standard InChI is InChI=1S/C19H18N2O.C2H2O4/c1-2-10-20-13-17-11-16-12-18(8-9-19(16)21-17)22-14-15-6-4-3-5-7-15;3-1(4)2(5)6/h1,3-9,11-12,20-21H,10,13-14H2;(H,3,4)(H,5,6). The van der Waals surface area contributed by atoms with Gasteiger partial charge in [0.25, 0.3) is 0 Å². The molecule has 3 rings (SSSR count). The number of ether oxygens (including phenoxy) is 1. The van der Waals surface area contributed by atoms with Gasteiger partial charge < -0.3 is 25.3 Å². The largest absolute Gasteiger partial charge is 0.489 e. The highest BCUT2D eigenvalue weighted by atomic mass is 16.5. The van der Waals surface area contributed by atoms with Gasteiger partial charge in [-0.2, -0.15) is 0 Å². The average Bonchev–Trinajstić information content (AvgIpc) is 3.10. The zero-order valence-corrected chi connectivity index (χ0v) is 15.0. The first kappa shape index (κ1) is 20.6. The number of carboxylic acids is 2. The van der Waals surface area contributed by atoms with Gasteiger partial charge in [-0.25, -0.2) is 9.59 Å². The predicted octanol–water partition coefficient (Wildman–Crippen LogP) is 2.63. The number of carbonyl (C=O) groups is 2. The first-order valence-corrected chi connectivity index (χ1v) is 8.38. The van der Waals surface area contributed by atoms with Crippen LogP contribution < -0.4 is 10.1 Å². The molecule has 0 saturated carbocycles. The molecule has 7 nitrogen and oxygen atoms in total. The van der Waals surface area contributed by atoms with E-state index >= 15 is 0 Å². The van der Waals surface area contributed by atoms with Crippen LogP contribution in [-0.2, 0) is 22.7 Å². The molecule has 1 heterocycles. The molecule has 0 unspecified atom stereocenters. The van der Waals surface area contributed by atoms with E-state index in [0.29, 0.717) is 13.2 Å². The summed E-state index contributed by atoms with van der Waals surface area (Å²) in [6, 6.07) is 18.4.